The number of carbonyl (C=O) groups is 2. The Morgan fingerprint density at radius 3 is 2.69 bits per heavy atom. The van der Waals surface area contributed by atoms with E-state index < -0.39 is 23.6 Å². The average Bonchev–Trinajstić information content (AvgIpc) is 2.62. The van der Waals surface area contributed by atoms with Crippen LogP contribution < -0.4 is 10.1 Å². The highest BCUT2D eigenvalue weighted by molar-refractivity contribution is 6.30. The van der Waals surface area contributed by atoms with Crippen LogP contribution in [0.3, 0.4) is 0 Å². The summed E-state index contributed by atoms with van der Waals surface area (Å²) in [4.78, 5) is 23.9. The van der Waals surface area contributed by atoms with E-state index in [-0.39, 0.29) is 19.1 Å². The van der Waals surface area contributed by atoms with E-state index in [0.717, 1.165) is 5.56 Å². The largest absolute Gasteiger partial charge is 0.492 e. The third-order valence-electron chi connectivity index (χ3n) is 4.35. The van der Waals surface area contributed by atoms with Crippen molar-refractivity contribution in [2.45, 2.75) is 12.3 Å². The van der Waals surface area contributed by atoms with E-state index in [1.54, 1.807) is 18.2 Å². The summed E-state index contributed by atoms with van der Waals surface area (Å²) >= 11 is 5.97. The quantitative estimate of drug-likeness (QED) is 0.839. The Morgan fingerprint density at radius 1 is 1.27 bits per heavy atom. The minimum absolute atomic E-state index is 0.0846. The molecule has 2 aromatic carbocycles. The summed E-state index contributed by atoms with van der Waals surface area (Å²) < 4.78 is 18.6. The fraction of sp³-hybridized carbons (Fsp3) is 0.263. The van der Waals surface area contributed by atoms with Crippen LogP contribution in [0.25, 0.3) is 0 Å². The minimum atomic E-state index is -1.09. The smallest absolute Gasteiger partial charge is 0.312 e. The maximum atomic E-state index is 13.0. The maximum Gasteiger partial charge on any atom is 0.312 e. The molecule has 26 heavy (non-hydrogen) atoms. The molecule has 0 bridgehead atoms. The number of nitrogens with one attached hydrogen (secondary N) is 1. The monoisotopic (exact) mass is 377 g/mol. The van der Waals surface area contributed by atoms with Gasteiger partial charge in [-0.25, -0.2) is 4.39 Å². The number of benzene rings is 2. The Hall–Kier alpha value is -2.60. The van der Waals surface area contributed by atoms with Crippen molar-refractivity contribution in [3.8, 4) is 5.75 Å². The van der Waals surface area contributed by atoms with Gasteiger partial charge in [-0.05, 0) is 47.9 Å². The molecule has 0 aliphatic carbocycles. The molecule has 5 nitrogen and oxygen atoms in total. The van der Waals surface area contributed by atoms with Crippen LogP contribution in [-0.4, -0.2) is 30.1 Å². The Bertz CT molecular complexity index is 825. The number of hydrogen-bond donors (Lipinski definition) is 2. The Morgan fingerprint density at radius 2 is 2.00 bits per heavy atom. The van der Waals surface area contributed by atoms with Crippen LogP contribution in [0, 0.1) is 11.7 Å². The number of amides is 1. The van der Waals surface area contributed by atoms with Gasteiger partial charge in [0, 0.05) is 11.6 Å². The molecule has 2 N–H and O–H groups in total. The zero-order valence-electron chi connectivity index (χ0n) is 13.7. The lowest BCUT2D eigenvalue weighted by atomic mass is 9.95. The Kier molecular flexibility index (Phi) is 5.42. The van der Waals surface area contributed by atoms with Crippen LogP contribution in [0.4, 0.5) is 4.39 Å². The van der Waals surface area contributed by atoms with E-state index in [9.17, 15) is 19.1 Å². The average molecular weight is 378 g/mol. The van der Waals surface area contributed by atoms with Crippen LogP contribution in [0.1, 0.15) is 17.0 Å². The Labute approximate surface area is 154 Å². The van der Waals surface area contributed by atoms with Gasteiger partial charge < -0.3 is 15.2 Å². The molecule has 0 fully saturated rings. The second-order valence-corrected chi connectivity index (χ2v) is 6.59. The molecule has 1 aliphatic rings. The topological polar surface area (TPSA) is 75.6 Å². The summed E-state index contributed by atoms with van der Waals surface area (Å²) in [5.74, 6) is -2.50. The van der Waals surface area contributed by atoms with Gasteiger partial charge in [-0.2, -0.15) is 0 Å². The van der Waals surface area contributed by atoms with Crippen LogP contribution in [-0.2, 0) is 16.0 Å². The van der Waals surface area contributed by atoms with Crippen molar-refractivity contribution in [2.75, 3.05) is 13.2 Å². The fourth-order valence-corrected chi connectivity index (χ4v) is 3.12. The normalized spacial score (nSPS) is 16.9. The molecule has 1 heterocycles. The van der Waals surface area contributed by atoms with Gasteiger partial charge in [-0.1, -0.05) is 23.7 Å². The van der Waals surface area contributed by atoms with Crippen LogP contribution >= 0.6 is 11.6 Å². The van der Waals surface area contributed by atoms with E-state index in [0.29, 0.717) is 22.8 Å². The molecule has 7 heteroatoms. The molecule has 2 aromatic rings. The molecule has 136 valence electrons. The van der Waals surface area contributed by atoms with Crippen molar-refractivity contribution >= 4 is 23.5 Å². The van der Waals surface area contributed by atoms with E-state index in [2.05, 4.69) is 5.32 Å². The summed E-state index contributed by atoms with van der Waals surface area (Å²) in [6.07, 6.45) is 0.468. The number of carbonyl (C=O) groups excluding carboxylic acids is 1. The Balaban J connectivity index is 1.64. The number of rotatable bonds is 5. The molecule has 0 aromatic heterocycles. The van der Waals surface area contributed by atoms with Gasteiger partial charge in [0.2, 0.25) is 5.91 Å². The van der Waals surface area contributed by atoms with Crippen molar-refractivity contribution in [1.82, 2.24) is 5.32 Å². The molecule has 3 rings (SSSR count). The molecular formula is C19H17ClFNO4. The number of carboxylic acid groups (broad SMARTS) is 1. The second kappa shape index (κ2) is 7.74. The summed E-state index contributed by atoms with van der Waals surface area (Å²) in [5, 5.41) is 12.6. The molecule has 2 atom stereocenters. The van der Waals surface area contributed by atoms with E-state index in [1.807, 2.05) is 0 Å². The zero-order chi connectivity index (χ0) is 18.7. The van der Waals surface area contributed by atoms with Gasteiger partial charge in [0.25, 0.3) is 0 Å². The SMILES string of the molecule is O=C(NCC(C(=O)O)c1ccc(F)cc1)C1COc2ccc(Cl)cc2C1. The summed E-state index contributed by atoms with van der Waals surface area (Å²) in [6, 6.07) is 10.5. The molecule has 2 unspecified atom stereocenters. The number of ether oxygens (including phenoxy) is 1. The number of fused-ring (bicyclic) bond motifs is 1. The first-order valence-electron chi connectivity index (χ1n) is 8.11. The highest BCUT2D eigenvalue weighted by atomic mass is 35.5. The van der Waals surface area contributed by atoms with Crippen LogP contribution in [0.2, 0.25) is 5.02 Å². The van der Waals surface area contributed by atoms with Gasteiger partial charge in [-0.15, -0.1) is 0 Å². The maximum absolute atomic E-state index is 13.0. The lowest BCUT2D eigenvalue weighted by Gasteiger charge is -2.25. The van der Waals surface area contributed by atoms with E-state index in [4.69, 9.17) is 16.3 Å². The number of halogens is 2. The van der Waals surface area contributed by atoms with Crippen LogP contribution in [0.15, 0.2) is 42.5 Å². The first-order valence-corrected chi connectivity index (χ1v) is 8.49. The lowest BCUT2D eigenvalue weighted by Crippen LogP contribution is -2.40. The number of aliphatic carboxylic acids is 1. The van der Waals surface area contributed by atoms with Gasteiger partial charge in [0.15, 0.2) is 0 Å². The first-order chi connectivity index (χ1) is 12.4. The van der Waals surface area contributed by atoms with Gasteiger partial charge >= 0.3 is 5.97 Å². The summed E-state index contributed by atoms with van der Waals surface area (Å²) in [7, 11) is 0. The molecule has 1 amide bonds. The van der Waals surface area contributed by atoms with E-state index >= 15 is 0 Å². The van der Waals surface area contributed by atoms with Crippen molar-refractivity contribution in [3.63, 3.8) is 0 Å². The van der Waals surface area contributed by atoms with Gasteiger partial charge in [-0.3, -0.25) is 9.59 Å². The van der Waals surface area contributed by atoms with Crippen molar-refractivity contribution in [2.24, 2.45) is 5.92 Å². The second-order valence-electron chi connectivity index (χ2n) is 6.15. The predicted octanol–water partition coefficient (Wildman–Crippen LogP) is 3.01. The van der Waals surface area contributed by atoms with Gasteiger partial charge in [0.1, 0.15) is 18.2 Å². The standard InChI is InChI=1S/C19H17ClFNO4/c20-14-3-6-17-12(8-14)7-13(10-26-17)18(23)22-9-16(19(24)25)11-1-4-15(21)5-2-11/h1-6,8,13,16H,7,9-10H2,(H,22,23)(H,24,25). The molecule has 0 saturated carbocycles. The molecule has 0 radical (unpaired) electrons. The third kappa shape index (κ3) is 4.14. The minimum Gasteiger partial charge on any atom is -0.492 e. The van der Waals surface area contributed by atoms with Crippen molar-refractivity contribution in [3.05, 3.63) is 64.4 Å². The number of carboxylic acids is 1. The highest BCUT2D eigenvalue weighted by Crippen LogP contribution is 2.30. The van der Waals surface area contributed by atoms with Crippen molar-refractivity contribution in [1.29, 1.82) is 0 Å². The number of hydrogen-bond acceptors (Lipinski definition) is 3. The van der Waals surface area contributed by atoms with E-state index in [1.165, 1.54) is 24.3 Å². The van der Waals surface area contributed by atoms with Crippen molar-refractivity contribution < 1.29 is 23.8 Å². The third-order valence-corrected chi connectivity index (χ3v) is 4.59. The summed E-state index contributed by atoms with van der Waals surface area (Å²) in [5.41, 5.74) is 1.27. The first kappa shape index (κ1) is 18.2. The van der Waals surface area contributed by atoms with Crippen LogP contribution in [0.5, 0.6) is 5.75 Å². The molecule has 0 saturated heterocycles. The summed E-state index contributed by atoms with van der Waals surface area (Å²) in [6.45, 7) is 0.132. The molecular weight excluding hydrogens is 361 g/mol. The molecule has 1 aliphatic heterocycles. The lowest BCUT2D eigenvalue weighted by molar-refractivity contribution is -0.138. The molecule has 0 spiro atoms. The van der Waals surface area contributed by atoms with Gasteiger partial charge in [0.05, 0.1) is 11.8 Å². The zero-order valence-corrected chi connectivity index (χ0v) is 14.5. The highest BCUT2D eigenvalue weighted by Gasteiger charge is 2.28. The fourth-order valence-electron chi connectivity index (χ4n) is 2.92. The predicted molar refractivity (Wildman–Crippen MR) is 93.9 cm³/mol.